The van der Waals surface area contributed by atoms with Gasteiger partial charge in [-0.3, -0.25) is 4.79 Å². The van der Waals surface area contributed by atoms with E-state index in [0.29, 0.717) is 9.49 Å². The minimum Gasteiger partial charge on any atom is -0.494 e. The Hall–Kier alpha value is -1.70. The molecule has 0 aliphatic heterocycles. The van der Waals surface area contributed by atoms with Gasteiger partial charge in [0.05, 0.1) is 31.6 Å². The van der Waals surface area contributed by atoms with E-state index in [2.05, 4.69) is 43.8 Å². The van der Waals surface area contributed by atoms with Crippen LogP contribution in [0.1, 0.15) is 16.7 Å². The van der Waals surface area contributed by atoms with Crippen LogP contribution in [0.15, 0.2) is 38.0 Å². The normalized spacial score (nSPS) is 12.4. The van der Waals surface area contributed by atoms with Crippen molar-refractivity contribution in [3.63, 3.8) is 0 Å². The summed E-state index contributed by atoms with van der Waals surface area (Å²) in [4.78, 5) is 18.3. The Morgan fingerprint density at radius 3 is 2.42 bits per heavy atom. The lowest BCUT2D eigenvalue weighted by Crippen LogP contribution is -2.22. The molecule has 0 amide bonds. The van der Waals surface area contributed by atoms with Crippen LogP contribution in [0.4, 0.5) is 0 Å². The third kappa shape index (κ3) is 2.78. The van der Waals surface area contributed by atoms with E-state index in [0.717, 1.165) is 36.9 Å². The summed E-state index contributed by atoms with van der Waals surface area (Å²) in [6.07, 6.45) is 1.88. The summed E-state index contributed by atoms with van der Waals surface area (Å²) in [5, 5.41) is 0. The van der Waals surface area contributed by atoms with Crippen LogP contribution in [-0.2, 0) is 0 Å². The van der Waals surface area contributed by atoms with Gasteiger partial charge in [-0.1, -0.05) is 11.3 Å². The van der Waals surface area contributed by atoms with Crippen molar-refractivity contribution in [2.24, 2.45) is 0 Å². The third-order valence-electron chi connectivity index (χ3n) is 4.38. The number of hydrogen-bond donors (Lipinski definition) is 0. The Labute approximate surface area is 170 Å². The molecule has 2 heterocycles. The number of benzene rings is 2. The van der Waals surface area contributed by atoms with Crippen LogP contribution >= 0.6 is 43.2 Å². The molecule has 4 aromatic rings. The number of aromatic nitrogens is 2. The monoisotopic (exact) mass is 492 g/mol. The first-order valence-corrected chi connectivity index (χ1v) is 10.3. The minimum absolute atomic E-state index is 0.0428. The molecule has 0 saturated carbocycles. The molecule has 132 valence electrons. The summed E-state index contributed by atoms with van der Waals surface area (Å²) in [6, 6.07) is 7.92. The number of imidazole rings is 1. The first-order chi connectivity index (χ1) is 12.4. The third-order valence-corrected chi connectivity index (χ3v) is 6.52. The molecule has 0 saturated heterocycles. The van der Waals surface area contributed by atoms with Gasteiger partial charge in [0.2, 0.25) is 0 Å². The molecule has 0 unspecified atom stereocenters. The van der Waals surface area contributed by atoms with Crippen LogP contribution in [-0.4, -0.2) is 16.5 Å². The zero-order valence-electron chi connectivity index (χ0n) is 14.3. The molecule has 2 aromatic heterocycles. The molecule has 4 nitrogen and oxygen atoms in total. The molecule has 0 radical (unpaired) electrons. The predicted molar refractivity (Wildman–Crippen MR) is 113 cm³/mol. The fourth-order valence-electron chi connectivity index (χ4n) is 2.93. The number of ether oxygens (including phenoxy) is 1. The summed E-state index contributed by atoms with van der Waals surface area (Å²) >= 11 is 8.39. The van der Waals surface area contributed by atoms with Crippen molar-refractivity contribution in [2.75, 3.05) is 7.11 Å². The predicted octanol–water partition coefficient (Wildman–Crippen LogP) is 4.61. The van der Waals surface area contributed by atoms with Gasteiger partial charge in [0, 0.05) is 0 Å². The van der Waals surface area contributed by atoms with Crippen LogP contribution in [0.25, 0.3) is 22.1 Å². The van der Waals surface area contributed by atoms with Gasteiger partial charge >= 0.3 is 0 Å². The summed E-state index contributed by atoms with van der Waals surface area (Å²) in [5.41, 5.74) is 4.91. The second-order valence-corrected chi connectivity index (χ2v) is 8.81. The average molecular weight is 494 g/mol. The number of rotatable bonds is 2. The summed E-state index contributed by atoms with van der Waals surface area (Å²) < 4.78 is 9.33. The van der Waals surface area contributed by atoms with Crippen LogP contribution in [0, 0.1) is 13.8 Å². The Bertz CT molecular complexity index is 1270. The van der Waals surface area contributed by atoms with Gasteiger partial charge in [-0.15, -0.1) is 0 Å². The van der Waals surface area contributed by atoms with E-state index in [4.69, 9.17) is 4.74 Å². The van der Waals surface area contributed by atoms with E-state index in [-0.39, 0.29) is 5.56 Å². The van der Waals surface area contributed by atoms with Crippen LogP contribution in [0.3, 0.4) is 0 Å². The fourth-order valence-corrected chi connectivity index (χ4v) is 5.46. The topological polar surface area (TPSA) is 43.6 Å². The lowest BCUT2D eigenvalue weighted by molar-refractivity contribution is 0.409. The zero-order valence-corrected chi connectivity index (χ0v) is 18.3. The number of thiazole rings is 1. The molecule has 0 aliphatic rings. The highest BCUT2D eigenvalue weighted by molar-refractivity contribution is 9.11. The number of hydrogen-bond acceptors (Lipinski definition) is 4. The van der Waals surface area contributed by atoms with Crippen molar-refractivity contribution in [1.82, 2.24) is 9.38 Å². The highest BCUT2D eigenvalue weighted by Gasteiger charge is 2.13. The van der Waals surface area contributed by atoms with E-state index in [1.807, 2.05) is 37.3 Å². The number of nitrogens with zero attached hydrogens (tertiary/aromatic N) is 2. The van der Waals surface area contributed by atoms with Crippen molar-refractivity contribution >= 4 is 65.3 Å². The highest BCUT2D eigenvalue weighted by Crippen LogP contribution is 2.34. The smallest absolute Gasteiger partial charge is 0.274 e. The Morgan fingerprint density at radius 1 is 1.12 bits per heavy atom. The molecule has 4 rings (SSSR count). The summed E-state index contributed by atoms with van der Waals surface area (Å²) in [5.74, 6) is 0.724. The lowest BCUT2D eigenvalue weighted by atomic mass is 10.1. The quantitative estimate of drug-likeness (QED) is 0.409. The Kier molecular flexibility index (Phi) is 4.41. The number of fused-ring (bicyclic) bond motifs is 3. The second kappa shape index (κ2) is 6.48. The number of aryl methyl sites for hydroxylation is 2. The molecule has 0 N–H and O–H groups in total. The SMILES string of the molecule is COc1c(Br)cc(/C=c2\sc3nc4cc(C)c(C)cc4n3c2=O)cc1Br. The van der Waals surface area contributed by atoms with Crippen molar-refractivity contribution in [2.45, 2.75) is 13.8 Å². The molecule has 2 aromatic carbocycles. The molecule has 26 heavy (non-hydrogen) atoms. The van der Waals surface area contributed by atoms with Crippen LogP contribution in [0.5, 0.6) is 5.75 Å². The van der Waals surface area contributed by atoms with E-state index in [9.17, 15) is 4.79 Å². The largest absolute Gasteiger partial charge is 0.494 e. The number of methoxy groups -OCH3 is 1. The van der Waals surface area contributed by atoms with Gasteiger partial charge in [-0.05, 0) is 92.7 Å². The molecule has 0 aliphatic carbocycles. The maximum atomic E-state index is 13.0. The van der Waals surface area contributed by atoms with E-state index in [1.165, 1.54) is 16.9 Å². The molecular formula is C19H14Br2N2O2S. The average Bonchev–Trinajstić information content (AvgIpc) is 3.05. The van der Waals surface area contributed by atoms with Crippen molar-refractivity contribution in [1.29, 1.82) is 0 Å². The van der Waals surface area contributed by atoms with Crippen LogP contribution in [0.2, 0.25) is 0 Å². The van der Waals surface area contributed by atoms with Crippen molar-refractivity contribution < 1.29 is 4.74 Å². The maximum absolute atomic E-state index is 13.0. The minimum atomic E-state index is -0.0428. The highest BCUT2D eigenvalue weighted by atomic mass is 79.9. The van der Waals surface area contributed by atoms with Crippen molar-refractivity contribution in [3.8, 4) is 5.75 Å². The Morgan fingerprint density at radius 2 is 1.77 bits per heavy atom. The van der Waals surface area contributed by atoms with E-state index < -0.39 is 0 Å². The fraction of sp³-hybridized carbons (Fsp3) is 0.158. The maximum Gasteiger partial charge on any atom is 0.274 e. The molecular weight excluding hydrogens is 480 g/mol. The number of halogens is 2. The van der Waals surface area contributed by atoms with Crippen molar-refractivity contribution in [3.05, 3.63) is 64.8 Å². The van der Waals surface area contributed by atoms with Gasteiger partial charge < -0.3 is 4.74 Å². The molecule has 0 spiro atoms. The molecule has 0 bridgehead atoms. The van der Waals surface area contributed by atoms with E-state index in [1.54, 1.807) is 11.5 Å². The van der Waals surface area contributed by atoms with Gasteiger partial charge in [0.25, 0.3) is 5.56 Å². The first kappa shape index (κ1) is 17.7. The zero-order chi connectivity index (χ0) is 18.6. The van der Waals surface area contributed by atoms with Gasteiger partial charge in [0.1, 0.15) is 5.75 Å². The molecule has 0 fully saturated rings. The van der Waals surface area contributed by atoms with E-state index >= 15 is 0 Å². The summed E-state index contributed by atoms with van der Waals surface area (Å²) in [7, 11) is 1.62. The molecule has 7 heteroatoms. The first-order valence-electron chi connectivity index (χ1n) is 7.86. The van der Waals surface area contributed by atoms with Gasteiger partial charge in [-0.2, -0.15) is 0 Å². The Balaban J connectivity index is 1.96. The van der Waals surface area contributed by atoms with Crippen LogP contribution < -0.4 is 14.8 Å². The standard InChI is InChI=1S/C19H14Br2N2O2S/c1-9-4-14-15(5-10(9)2)23-18(24)16(26-19(23)22-14)8-11-6-12(20)17(25-3)13(21)7-11/h4-8H,1-3H3/b16-8-. The van der Waals surface area contributed by atoms with Gasteiger partial charge in [0.15, 0.2) is 4.96 Å². The summed E-state index contributed by atoms with van der Waals surface area (Å²) in [6.45, 7) is 4.10. The second-order valence-electron chi connectivity index (χ2n) is 6.09. The lowest BCUT2D eigenvalue weighted by Gasteiger charge is -2.06. The molecule has 0 atom stereocenters. The van der Waals surface area contributed by atoms with Gasteiger partial charge in [-0.25, -0.2) is 9.38 Å².